The lowest BCUT2D eigenvalue weighted by Gasteiger charge is -2.33. The van der Waals surface area contributed by atoms with Gasteiger partial charge in [-0.2, -0.15) is 0 Å². The molecule has 2 atom stereocenters. The van der Waals surface area contributed by atoms with Crippen LogP contribution in [0, 0.1) is 0 Å². The maximum atomic E-state index is 13.5. The maximum absolute atomic E-state index is 13.5. The van der Waals surface area contributed by atoms with Crippen molar-refractivity contribution in [2.24, 2.45) is 0 Å². The fourth-order valence-corrected chi connectivity index (χ4v) is 6.00. The van der Waals surface area contributed by atoms with Gasteiger partial charge in [0.15, 0.2) is 11.5 Å². The van der Waals surface area contributed by atoms with E-state index in [1.807, 2.05) is 47.1 Å². The largest absolute Gasteiger partial charge is 0.493 e. The van der Waals surface area contributed by atoms with Crippen LogP contribution in [0.4, 0.5) is 0 Å². The molecule has 0 amide bonds. The van der Waals surface area contributed by atoms with Crippen LogP contribution in [0.25, 0.3) is 0 Å². The second kappa shape index (κ2) is 5.92. The van der Waals surface area contributed by atoms with Crippen molar-refractivity contribution in [1.82, 2.24) is 4.67 Å². The molecule has 1 unspecified atom stereocenters. The first kappa shape index (κ1) is 15.7. The van der Waals surface area contributed by atoms with Gasteiger partial charge in [0.2, 0.25) is 0 Å². The van der Waals surface area contributed by atoms with Crippen LogP contribution in [0.3, 0.4) is 0 Å². The minimum Gasteiger partial charge on any atom is -0.493 e. The summed E-state index contributed by atoms with van der Waals surface area (Å²) in [6.45, 7) is 1.13. The Morgan fingerprint density at radius 2 is 1.83 bits per heavy atom. The highest BCUT2D eigenvalue weighted by Crippen LogP contribution is 2.61. The third-order valence-corrected chi connectivity index (χ3v) is 7.41. The van der Waals surface area contributed by atoms with E-state index in [9.17, 15) is 4.57 Å². The van der Waals surface area contributed by atoms with Crippen LogP contribution < -0.4 is 14.8 Å². The molecule has 2 heterocycles. The Hall–Kier alpha value is -1.81. The summed E-state index contributed by atoms with van der Waals surface area (Å²) >= 11 is 0. The molecule has 1 saturated heterocycles. The summed E-state index contributed by atoms with van der Waals surface area (Å²) in [6.07, 6.45) is 0.812. The molecular formula is C18H20NO4P. The molecule has 0 saturated carbocycles. The van der Waals surface area contributed by atoms with E-state index < -0.39 is 7.52 Å². The zero-order chi connectivity index (χ0) is 16.7. The standard InChI is InChI=1S/C18H20NO4P/c1-21-17-10-13-8-9-19-16(15(13)11-18(17)22-2)12-23-24(19,20)14-6-4-3-5-7-14/h3-7,10-11,16H,8-9,12H2,1-2H3/t16-,24?/m1/s1. The Morgan fingerprint density at radius 3 is 2.54 bits per heavy atom. The van der Waals surface area contributed by atoms with Gasteiger partial charge in [0, 0.05) is 6.54 Å². The Kier molecular flexibility index (Phi) is 3.87. The molecule has 2 aromatic carbocycles. The van der Waals surface area contributed by atoms with E-state index in [0.29, 0.717) is 18.9 Å². The molecule has 6 heteroatoms. The molecule has 2 aliphatic rings. The number of benzene rings is 2. The van der Waals surface area contributed by atoms with Crippen molar-refractivity contribution >= 4 is 12.8 Å². The van der Waals surface area contributed by atoms with E-state index >= 15 is 0 Å². The molecule has 4 rings (SSSR count). The molecule has 0 aromatic heterocycles. The van der Waals surface area contributed by atoms with Gasteiger partial charge in [0.1, 0.15) is 0 Å². The van der Waals surface area contributed by atoms with Crippen LogP contribution in [0.2, 0.25) is 0 Å². The summed E-state index contributed by atoms with van der Waals surface area (Å²) < 4.78 is 32.2. The SMILES string of the molecule is COc1cc2c(cc1OC)[C@H]1COP(=O)(c3ccccc3)N1CC2. The quantitative estimate of drug-likeness (QED) is 0.800. The average Bonchev–Trinajstić information content (AvgIpc) is 2.99. The van der Waals surface area contributed by atoms with Crippen LogP contribution in [0.15, 0.2) is 42.5 Å². The van der Waals surface area contributed by atoms with Crippen LogP contribution in [-0.2, 0) is 15.5 Å². The van der Waals surface area contributed by atoms with Crippen molar-refractivity contribution in [1.29, 1.82) is 0 Å². The van der Waals surface area contributed by atoms with E-state index in [4.69, 9.17) is 14.0 Å². The molecule has 2 aliphatic heterocycles. The van der Waals surface area contributed by atoms with Crippen molar-refractivity contribution < 1.29 is 18.6 Å². The van der Waals surface area contributed by atoms with Gasteiger partial charge < -0.3 is 14.0 Å². The highest BCUT2D eigenvalue weighted by molar-refractivity contribution is 7.64. The number of fused-ring (bicyclic) bond motifs is 3. The summed E-state index contributed by atoms with van der Waals surface area (Å²) in [6, 6.07) is 13.5. The second-order valence-corrected chi connectivity index (χ2v) is 8.32. The van der Waals surface area contributed by atoms with Crippen LogP contribution in [-0.4, -0.2) is 32.0 Å². The predicted molar refractivity (Wildman–Crippen MR) is 92.3 cm³/mol. The van der Waals surface area contributed by atoms with Gasteiger partial charge in [-0.25, -0.2) is 4.67 Å². The number of nitrogens with zero attached hydrogens (tertiary/aromatic N) is 1. The summed E-state index contributed by atoms with van der Waals surface area (Å²) in [7, 11) is 0.280. The highest BCUT2D eigenvalue weighted by Gasteiger charge is 2.48. The average molecular weight is 345 g/mol. The predicted octanol–water partition coefficient (Wildman–Crippen LogP) is 3.15. The fourth-order valence-electron chi connectivity index (χ4n) is 3.59. The van der Waals surface area contributed by atoms with Gasteiger partial charge in [-0.15, -0.1) is 0 Å². The normalized spacial score (nSPS) is 25.8. The first-order chi connectivity index (χ1) is 11.7. The lowest BCUT2D eigenvalue weighted by Crippen LogP contribution is -2.32. The zero-order valence-corrected chi connectivity index (χ0v) is 14.7. The van der Waals surface area contributed by atoms with Crippen molar-refractivity contribution in [3.05, 3.63) is 53.6 Å². The minimum atomic E-state index is -2.99. The van der Waals surface area contributed by atoms with E-state index in [1.165, 1.54) is 5.56 Å². The fraction of sp³-hybridized carbons (Fsp3) is 0.333. The van der Waals surface area contributed by atoms with Gasteiger partial charge in [-0.05, 0) is 41.8 Å². The van der Waals surface area contributed by atoms with Crippen molar-refractivity contribution in [3.8, 4) is 11.5 Å². The third-order valence-electron chi connectivity index (χ3n) is 4.80. The van der Waals surface area contributed by atoms with Crippen LogP contribution in [0.5, 0.6) is 11.5 Å². The van der Waals surface area contributed by atoms with Gasteiger partial charge >= 0.3 is 7.52 Å². The van der Waals surface area contributed by atoms with Crippen molar-refractivity contribution in [3.63, 3.8) is 0 Å². The summed E-state index contributed by atoms with van der Waals surface area (Å²) in [5.74, 6) is 1.43. The Morgan fingerprint density at radius 1 is 1.12 bits per heavy atom. The Balaban J connectivity index is 1.76. The third kappa shape index (κ3) is 2.27. The monoisotopic (exact) mass is 345 g/mol. The van der Waals surface area contributed by atoms with Crippen LogP contribution in [0.1, 0.15) is 17.2 Å². The maximum Gasteiger partial charge on any atom is 0.303 e. The molecule has 0 N–H and O–H groups in total. The number of ether oxygens (including phenoxy) is 2. The molecule has 5 nitrogen and oxygen atoms in total. The van der Waals surface area contributed by atoms with E-state index in [2.05, 4.69) is 0 Å². The second-order valence-electron chi connectivity index (χ2n) is 5.99. The molecular weight excluding hydrogens is 325 g/mol. The number of hydrogen-bond donors (Lipinski definition) is 0. The highest BCUT2D eigenvalue weighted by atomic mass is 31.2. The molecule has 0 radical (unpaired) electrons. The van der Waals surface area contributed by atoms with Gasteiger partial charge in [-0.1, -0.05) is 18.2 Å². The molecule has 126 valence electrons. The number of hydrogen-bond acceptors (Lipinski definition) is 4. The van der Waals surface area contributed by atoms with Crippen LogP contribution >= 0.6 is 7.52 Å². The molecule has 0 bridgehead atoms. The van der Waals surface area contributed by atoms with Gasteiger partial charge in [-0.3, -0.25) is 4.57 Å². The van der Waals surface area contributed by atoms with Crippen molar-refractivity contribution in [2.45, 2.75) is 12.5 Å². The zero-order valence-electron chi connectivity index (χ0n) is 13.8. The summed E-state index contributed by atoms with van der Waals surface area (Å²) in [5, 5.41) is 0.761. The summed E-state index contributed by atoms with van der Waals surface area (Å²) in [5.41, 5.74) is 2.33. The molecule has 0 aliphatic carbocycles. The molecule has 2 aromatic rings. The lowest BCUT2D eigenvalue weighted by molar-refractivity contribution is 0.300. The minimum absolute atomic E-state index is 0.0143. The van der Waals surface area contributed by atoms with Crippen molar-refractivity contribution in [2.75, 3.05) is 27.4 Å². The number of rotatable bonds is 3. The topological polar surface area (TPSA) is 48.0 Å². The number of methoxy groups -OCH3 is 2. The van der Waals surface area contributed by atoms with E-state index in [1.54, 1.807) is 14.2 Å². The van der Waals surface area contributed by atoms with E-state index in [0.717, 1.165) is 23.0 Å². The van der Waals surface area contributed by atoms with Gasteiger partial charge in [0.25, 0.3) is 0 Å². The lowest BCUT2D eigenvalue weighted by atomic mass is 9.94. The summed E-state index contributed by atoms with van der Waals surface area (Å²) in [4.78, 5) is 0. The molecule has 0 spiro atoms. The van der Waals surface area contributed by atoms with E-state index in [-0.39, 0.29) is 6.04 Å². The molecule has 24 heavy (non-hydrogen) atoms. The Bertz CT molecular complexity index is 808. The first-order valence-corrected chi connectivity index (χ1v) is 9.57. The molecule has 1 fully saturated rings. The Labute approximate surface area is 141 Å². The van der Waals surface area contributed by atoms with Gasteiger partial charge in [0.05, 0.1) is 32.2 Å². The smallest absolute Gasteiger partial charge is 0.303 e. The first-order valence-electron chi connectivity index (χ1n) is 7.99.